The summed E-state index contributed by atoms with van der Waals surface area (Å²) >= 11 is 0. The highest BCUT2D eigenvalue weighted by atomic mass is 14.7. The Labute approximate surface area is 174 Å². The molecule has 0 spiro atoms. The molecule has 2 heterocycles. The van der Waals surface area contributed by atoms with Crippen molar-refractivity contribution in [3.8, 4) is 22.4 Å². The van der Waals surface area contributed by atoms with Gasteiger partial charge in [0, 0.05) is 39.7 Å². The second-order valence-corrected chi connectivity index (χ2v) is 7.51. The molecule has 140 valence electrons. The van der Waals surface area contributed by atoms with Crippen LogP contribution in [0.1, 0.15) is 0 Å². The first-order valence-corrected chi connectivity index (χ1v) is 10.1. The number of rotatable bonds is 2. The van der Waals surface area contributed by atoms with E-state index in [0.29, 0.717) is 0 Å². The number of fused-ring (bicyclic) bond motifs is 5. The molecule has 0 saturated heterocycles. The summed E-state index contributed by atoms with van der Waals surface area (Å²) in [7, 11) is 0. The zero-order valence-corrected chi connectivity index (χ0v) is 16.3. The van der Waals surface area contributed by atoms with Gasteiger partial charge in [0.15, 0.2) is 0 Å². The van der Waals surface area contributed by atoms with Crippen LogP contribution in [0, 0.1) is 0 Å². The molecule has 30 heavy (non-hydrogen) atoms. The first-order chi connectivity index (χ1) is 14.9. The minimum atomic E-state index is 1.01. The van der Waals surface area contributed by atoms with Gasteiger partial charge in [-0.1, -0.05) is 78.9 Å². The Kier molecular flexibility index (Phi) is 3.82. The zero-order valence-electron chi connectivity index (χ0n) is 16.3. The molecule has 0 radical (unpaired) electrons. The minimum Gasteiger partial charge on any atom is -0.264 e. The van der Waals surface area contributed by atoms with Crippen LogP contribution in [0.3, 0.4) is 0 Å². The molecular formula is C28H18N2. The lowest BCUT2D eigenvalue weighted by Gasteiger charge is -2.13. The lowest BCUT2D eigenvalue weighted by Crippen LogP contribution is -1.91. The second kappa shape index (κ2) is 6.78. The molecular weight excluding hydrogens is 364 g/mol. The molecule has 0 aliphatic heterocycles. The SMILES string of the molecule is c1cncc(-c2cccc(-c3nc4ccccc4c4c3ccc3ccccc34)c2)c1. The topological polar surface area (TPSA) is 25.8 Å². The summed E-state index contributed by atoms with van der Waals surface area (Å²) in [5.74, 6) is 0. The molecule has 2 nitrogen and oxygen atoms in total. The number of hydrogen-bond acceptors (Lipinski definition) is 2. The van der Waals surface area contributed by atoms with Gasteiger partial charge in [0.25, 0.3) is 0 Å². The first kappa shape index (κ1) is 16.9. The third-order valence-electron chi connectivity index (χ3n) is 5.72. The lowest BCUT2D eigenvalue weighted by molar-refractivity contribution is 1.33. The average Bonchev–Trinajstić information content (AvgIpc) is 2.84. The van der Waals surface area contributed by atoms with Crippen LogP contribution in [0.25, 0.3) is 54.8 Å². The van der Waals surface area contributed by atoms with Gasteiger partial charge in [0.05, 0.1) is 11.2 Å². The molecule has 0 fully saturated rings. The molecule has 0 unspecified atom stereocenters. The van der Waals surface area contributed by atoms with Gasteiger partial charge in [0.2, 0.25) is 0 Å². The fourth-order valence-electron chi connectivity index (χ4n) is 4.32. The van der Waals surface area contributed by atoms with Crippen LogP contribution < -0.4 is 0 Å². The molecule has 0 aliphatic rings. The summed E-state index contributed by atoms with van der Waals surface area (Å²) in [6, 6.07) is 34.1. The van der Waals surface area contributed by atoms with Gasteiger partial charge < -0.3 is 0 Å². The van der Waals surface area contributed by atoms with Gasteiger partial charge in [-0.2, -0.15) is 0 Å². The van der Waals surface area contributed by atoms with Crippen molar-refractivity contribution in [2.24, 2.45) is 0 Å². The van der Waals surface area contributed by atoms with Crippen LogP contribution in [-0.2, 0) is 0 Å². The number of hydrogen-bond donors (Lipinski definition) is 0. The van der Waals surface area contributed by atoms with Gasteiger partial charge in [-0.05, 0) is 34.5 Å². The number of nitrogens with zero attached hydrogens (tertiary/aromatic N) is 2. The van der Waals surface area contributed by atoms with Gasteiger partial charge in [-0.15, -0.1) is 0 Å². The molecule has 4 aromatic carbocycles. The minimum absolute atomic E-state index is 1.01. The van der Waals surface area contributed by atoms with Gasteiger partial charge in [-0.3, -0.25) is 4.98 Å². The third kappa shape index (κ3) is 2.66. The summed E-state index contributed by atoms with van der Waals surface area (Å²) in [4.78, 5) is 9.37. The highest BCUT2D eigenvalue weighted by molar-refractivity contribution is 6.22. The summed E-state index contributed by atoms with van der Waals surface area (Å²) in [6.07, 6.45) is 3.70. The Hall–Kier alpha value is -4.04. The lowest BCUT2D eigenvalue weighted by atomic mass is 9.94. The maximum Gasteiger partial charge on any atom is 0.0788 e. The van der Waals surface area contributed by atoms with E-state index in [1.165, 1.54) is 26.9 Å². The molecule has 0 amide bonds. The summed E-state index contributed by atoms with van der Waals surface area (Å²) in [5, 5.41) is 6.14. The van der Waals surface area contributed by atoms with E-state index in [2.05, 4.69) is 96.0 Å². The Morgan fingerprint density at radius 3 is 2.23 bits per heavy atom. The Morgan fingerprint density at radius 2 is 1.33 bits per heavy atom. The van der Waals surface area contributed by atoms with E-state index < -0.39 is 0 Å². The standard InChI is InChI=1S/C28H18N2/c1-2-11-23-19(7-1)14-15-25-27(23)24-12-3-4-13-26(24)30-28(25)21-9-5-8-20(17-21)22-10-6-16-29-18-22/h1-18H. The largest absolute Gasteiger partial charge is 0.264 e. The van der Waals surface area contributed by atoms with Crippen molar-refractivity contribution >= 4 is 32.4 Å². The van der Waals surface area contributed by atoms with Crippen molar-refractivity contribution in [3.05, 3.63) is 109 Å². The smallest absolute Gasteiger partial charge is 0.0788 e. The normalized spacial score (nSPS) is 11.3. The van der Waals surface area contributed by atoms with Crippen LogP contribution in [0.4, 0.5) is 0 Å². The third-order valence-corrected chi connectivity index (χ3v) is 5.72. The summed E-state index contributed by atoms with van der Waals surface area (Å²) in [6.45, 7) is 0. The van der Waals surface area contributed by atoms with Crippen LogP contribution >= 0.6 is 0 Å². The van der Waals surface area contributed by atoms with Crippen molar-refractivity contribution in [1.29, 1.82) is 0 Å². The Bertz CT molecular complexity index is 1520. The fourth-order valence-corrected chi connectivity index (χ4v) is 4.32. The molecule has 2 aromatic heterocycles. The van der Waals surface area contributed by atoms with E-state index in [1.807, 2.05) is 12.3 Å². The van der Waals surface area contributed by atoms with Gasteiger partial charge in [-0.25, -0.2) is 4.98 Å². The number of aromatic nitrogens is 2. The highest BCUT2D eigenvalue weighted by Gasteiger charge is 2.13. The van der Waals surface area contributed by atoms with E-state index in [9.17, 15) is 0 Å². The van der Waals surface area contributed by atoms with Crippen LogP contribution in [0.15, 0.2) is 109 Å². The van der Waals surface area contributed by atoms with E-state index >= 15 is 0 Å². The molecule has 6 aromatic rings. The second-order valence-electron chi connectivity index (χ2n) is 7.51. The van der Waals surface area contributed by atoms with Crippen molar-refractivity contribution in [2.45, 2.75) is 0 Å². The molecule has 2 heteroatoms. The van der Waals surface area contributed by atoms with Crippen LogP contribution in [0.5, 0.6) is 0 Å². The van der Waals surface area contributed by atoms with Crippen LogP contribution in [-0.4, -0.2) is 9.97 Å². The number of benzene rings is 4. The van der Waals surface area contributed by atoms with Crippen molar-refractivity contribution in [2.75, 3.05) is 0 Å². The van der Waals surface area contributed by atoms with Gasteiger partial charge in [0.1, 0.15) is 0 Å². The monoisotopic (exact) mass is 382 g/mol. The first-order valence-electron chi connectivity index (χ1n) is 10.1. The Morgan fingerprint density at radius 1 is 0.533 bits per heavy atom. The summed E-state index contributed by atoms with van der Waals surface area (Å²) < 4.78 is 0. The average molecular weight is 382 g/mol. The summed E-state index contributed by atoms with van der Waals surface area (Å²) in [5.41, 5.74) is 5.39. The maximum absolute atomic E-state index is 5.10. The van der Waals surface area contributed by atoms with E-state index in [0.717, 1.165) is 27.9 Å². The molecule has 6 rings (SSSR count). The van der Waals surface area contributed by atoms with E-state index in [4.69, 9.17) is 4.98 Å². The molecule has 0 bridgehead atoms. The quantitative estimate of drug-likeness (QED) is 0.294. The van der Waals surface area contributed by atoms with Crippen molar-refractivity contribution in [1.82, 2.24) is 9.97 Å². The van der Waals surface area contributed by atoms with Crippen molar-refractivity contribution < 1.29 is 0 Å². The fraction of sp³-hybridized carbons (Fsp3) is 0. The molecule has 0 aliphatic carbocycles. The van der Waals surface area contributed by atoms with Crippen molar-refractivity contribution in [3.63, 3.8) is 0 Å². The zero-order chi connectivity index (χ0) is 19.9. The number of para-hydroxylation sites is 1. The highest BCUT2D eigenvalue weighted by Crippen LogP contribution is 2.37. The number of pyridine rings is 2. The molecule has 0 saturated carbocycles. The predicted octanol–water partition coefficient (Wildman–Crippen LogP) is 7.27. The van der Waals surface area contributed by atoms with E-state index in [1.54, 1.807) is 6.20 Å². The molecule has 0 N–H and O–H groups in total. The van der Waals surface area contributed by atoms with Crippen LogP contribution in [0.2, 0.25) is 0 Å². The van der Waals surface area contributed by atoms with Gasteiger partial charge >= 0.3 is 0 Å². The predicted molar refractivity (Wildman–Crippen MR) is 125 cm³/mol. The molecule has 0 atom stereocenters. The maximum atomic E-state index is 5.10. The van der Waals surface area contributed by atoms with E-state index in [-0.39, 0.29) is 0 Å². The Balaban J connectivity index is 1.71.